The Morgan fingerprint density at radius 2 is 2.31 bits per heavy atom. The van der Waals surface area contributed by atoms with Crippen molar-refractivity contribution in [2.45, 2.75) is 6.92 Å². The predicted molar refractivity (Wildman–Crippen MR) is 67.7 cm³/mol. The zero-order valence-electron chi connectivity index (χ0n) is 9.31. The number of pyridine rings is 1. The average molecular weight is 287 g/mol. The first-order valence-electron chi connectivity index (χ1n) is 4.67. The van der Waals surface area contributed by atoms with Crippen LogP contribution in [0.2, 0.25) is 0 Å². The molecule has 0 aliphatic heterocycles. The molecule has 5 heteroatoms. The molecule has 0 aromatic carbocycles. The first-order chi connectivity index (χ1) is 7.69. The van der Waals surface area contributed by atoms with Crippen LogP contribution in [0.15, 0.2) is 29.0 Å². The number of carbonyl (C=O) groups is 1. The minimum Gasteiger partial charge on any atom is -0.404 e. The summed E-state index contributed by atoms with van der Waals surface area (Å²) in [6.07, 6.45) is 3.52. The molecule has 0 spiro atoms. The molecule has 0 bridgehead atoms. The zero-order valence-corrected chi connectivity index (χ0v) is 10.9. The molecule has 0 aliphatic carbocycles. The Balaban J connectivity index is 0.000000487. The Morgan fingerprint density at radius 3 is 2.69 bits per heavy atom. The average Bonchev–Trinajstić information content (AvgIpc) is 2.31. The summed E-state index contributed by atoms with van der Waals surface area (Å²) >= 11 is 3.26. The minimum absolute atomic E-state index is 0.385. The highest BCUT2D eigenvalue weighted by molar-refractivity contribution is 9.10. The SMILES string of the molecule is CCOC.N/C=C(/C=O)c1cc(Br)ccn1. The highest BCUT2D eigenvalue weighted by Crippen LogP contribution is 2.13. The van der Waals surface area contributed by atoms with Crippen molar-refractivity contribution in [3.63, 3.8) is 0 Å². The van der Waals surface area contributed by atoms with E-state index in [1.165, 1.54) is 6.20 Å². The Kier molecular flexibility index (Phi) is 8.38. The highest BCUT2D eigenvalue weighted by atomic mass is 79.9. The van der Waals surface area contributed by atoms with Crippen molar-refractivity contribution in [3.8, 4) is 0 Å². The Hall–Kier alpha value is -1.20. The Morgan fingerprint density at radius 1 is 1.69 bits per heavy atom. The van der Waals surface area contributed by atoms with E-state index in [1.54, 1.807) is 25.4 Å². The summed E-state index contributed by atoms with van der Waals surface area (Å²) in [5.41, 5.74) is 6.17. The third-order valence-electron chi connectivity index (χ3n) is 1.61. The van der Waals surface area contributed by atoms with E-state index in [4.69, 9.17) is 5.73 Å². The van der Waals surface area contributed by atoms with Crippen molar-refractivity contribution >= 4 is 27.8 Å². The van der Waals surface area contributed by atoms with E-state index in [0.29, 0.717) is 17.6 Å². The van der Waals surface area contributed by atoms with Gasteiger partial charge < -0.3 is 10.5 Å². The van der Waals surface area contributed by atoms with Gasteiger partial charge >= 0.3 is 0 Å². The fourth-order valence-corrected chi connectivity index (χ4v) is 1.08. The number of nitrogens with two attached hydrogens (primary N) is 1. The van der Waals surface area contributed by atoms with Crippen LogP contribution >= 0.6 is 15.9 Å². The van der Waals surface area contributed by atoms with Gasteiger partial charge in [0.1, 0.15) is 0 Å². The number of nitrogens with zero attached hydrogens (tertiary/aromatic N) is 1. The third-order valence-corrected chi connectivity index (χ3v) is 2.11. The van der Waals surface area contributed by atoms with Crippen LogP contribution in [-0.4, -0.2) is 25.0 Å². The van der Waals surface area contributed by atoms with Gasteiger partial charge in [0.15, 0.2) is 6.29 Å². The summed E-state index contributed by atoms with van der Waals surface area (Å²) < 4.78 is 5.41. The summed E-state index contributed by atoms with van der Waals surface area (Å²) in [4.78, 5) is 14.4. The fourth-order valence-electron chi connectivity index (χ4n) is 0.748. The van der Waals surface area contributed by atoms with Crippen LogP contribution < -0.4 is 5.73 Å². The number of aldehydes is 1. The van der Waals surface area contributed by atoms with Crippen LogP contribution in [0, 0.1) is 0 Å². The number of carbonyl (C=O) groups excluding carboxylic acids is 1. The van der Waals surface area contributed by atoms with Gasteiger partial charge in [-0.25, -0.2) is 0 Å². The van der Waals surface area contributed by atoms with E-state index < -0.39 is 0 Å². The van der Waals surface area contributed by atoms with Gasteiger partial charge in [-0.1, -0.05) is 15.9 Å². The van der Waals surface area contributed by atoms with Crippen molar-refractivity contribution in [1.29, 1.82) is 0 Å². The first-order valence-corrected chi connectivity index (χ1v) is 5.46. The van der Waals surface area contributed by atoms with Crippen molar-refractivity contribution < 1.29 is 9.53 Å². The van der Waals surface area contributed by atoms with E-state index >= 15 is 0 Å². The maximum atomic E-state index is 10.4. The van der Waals surface area contributed by atoms with Gasteiger partial charge in [0.2, 0.25) is 0 Å². The second-order valence-electron chi connectivity index (χ2n) is 2.68. The van der Waals surface area contributed by atoms with E-state index in [2.05, 4.69) is 25.7 Å². The first kappa shape index (κ1) is 14.8. The molecule has 1 heterocycles. The molecule has 88 valence electrons. The lowest BCUT2D eigenvalue weighted by atomic mass is 10.2. The summed E-state index contributed by atoms with van der Waals surface area (Å²) in [6, 6.07) is 3.51. The summed E-state index contributed by atoms with van der Waals surface area (Å²) in [7, 11) is 1.68. The Bertz CT molecular complexity index is 352. The van der Waals surface area contributed by atoms with E-state index in [1.807, 2.05) is 6.92 Å². The molecule has 0 amide bonds. The van der Waals surface area contributed by atoms with Gasteiger partial charge in [0.05, 0.1) is 11.3 Å². The molecule has 0 unspecified atom stereocenters. The molecule has 1 aromatic rings. The molecule has 4 nitrogen and oxygen atoms in total. The highest BCUT2D eigenvalue weighted by Gasteiger charge is 2.00. The summed E-state index contributed by atoms with van der Waals surface area (Å²) in [5.74, 6) is 0. The van der Waals surface area contributed by atoms with E-state index in [0.717, 1.165) is 11.1 Å². The monoisotopic (exact) mass is 286 g/mol. The van der Waals surface area contributed by atoms with E-state index in [-0.39, 0.29) is 0 Å². The van der Waals surface area contributed by atoms with Crippen LogP contribution in [0.4, 0.5) is 0 Å². The van der Waals surface area contributed by atoms with Crippen LogP contribution in [0.3, 0.4) is 0 Å². The van der Waals surface area contributed by atoms with Crippen LogP contribution in [0.25, 0.3) is 5.57 Å². The van der Waals surface area contributed by atoms with Crippen LogP contribution in [-0.2, 0) is 9.53 Å². The number of ether oxygens (including phenoxy) is 1. The third kappa shape index (κ3) is 5.63. The lowest BCUT2D eigenvalue weighted by Gasteiger charge is -1.97. The summed E-state index contributed by atoms with van der Waals surface area (Å²) in [6.45, 7) is 2.78. The van der Waals surface area contributed by atoms with Gasteiger partial charge in [0.25, 0.3) is 0 Å². The number of rotatable bonds is 3. The van der Waals surface area contributed by atoms with Gasteiger partial charge in [-0.3, -0.25) is 9.78 Å². The molecule has 0 atom stereocenters. The van der Waals surface area contributed by atoms with Crippen molar-refractivity contribution in [3.05, 3.63) is 34.7 Å². The van der Waals surface area contributed by atoms with E-state index in [9.17, 15) is 4.79 Å². The predicted octanol–water partition coefficient (Wildman–Crippen LogP) is 2.00. The number of hydrogen-bond acceptors (Lipinski definition) is 4. The molecule has 0 saturated carbocycles. The van der Waals surface area contributed by atoms with Gasteiger partial charge in [-0.05, 0) is 19.1 Å². The molecular formula is C11H15BrN2O2. The van der Waals surface area contributed by atoms with Gasteiger partial charge in [-0.15, -0.1) is 0 Å². The number of hydrogen-bond donors (Lipinski definition) is 1. The minimum atomic E-state index is 0.385. The van der Waals surface area contributed by atoms with Gasteiger partial charge in [0, 0.05) is 30.6 Å². The second-order valence-corrected chi connectivity index (χ2v) is 3.59. The second kappa shape index (κ2) is 9.06. The maximum Gasteiger partial charge on any atom is 0.153 e. The van der Waals surface area contributed by atoms with Crippen molar-refractivity contribution in [2.75, 3.05) is 13.7 Å². The van der Waals surface area contributed by atoms with Crippen molar-refractivity contribution in [2.24, 2.45) is 5.73 Å². The maximum absolute atomic E-state index is 10.4. The fraction of sp³-hybridized carbons (Fsp3) is 0.273. The number of methoxy groups -OCH3 is 1. The lowest BCUT2D eigenvalue weighted by Crippen LogP contribution is -1.93. The molecule has 0 saturated heterocycles. The number of allylic oxidation sites excluding steroid dienone is 1. The summed E-state index contributed by atoms with van der Waals surface area (Å²) in [5, 5.41) is 0. The zero-order chi connectivity index (χ0) is 12.4. The molecule has 0 fully saturated rings. The quantitative estimate of drug-likeness (QED) is 0.682. The van der Waals surface area contributed by atoms with Gasteiger partial charge in [-0.2, -0.15) is 0 Å². The molecule has 1 aromatic heterocycles. The number of halogens is 1. The smallest absolute Gasteiger partial charge is 0.153 e. The molecule has 0 radical (unpaired) electrons. The van der Waals surface area contributed by atoms with Crippen molar-refractivity contribution in [1.82, 2.24) is 4.98 Å². The van der Waals surface area contributed by atoms with Crippen LogP contribution in [0.1, 0.15) is 12.6 Å². The van der Waals surface area contributed by atoms with Crippen LogP contribution in [0.5, 0.6) is 0 Å². The molecule has 0 aliphatic rings. The standard InChI is InChI=1S/C8H7BrN2O.C3H8O/c9-7-1-2-11-8(3-7)6(4-10)5-12;1-3-4-2/h1-5H,10H2;3H2,1-2H3/b6-4-;. The molecule has 1 rings (SSSR count). The largest absolute Gasteiger partial charge is 0.404 e. The topological polar surface area (TPSA) is 65.2 Å². The molecule has 16 heavy (non-hydrogen) atoms. The lowest BCUT2D eigenvalue weighted by molar-refractivity contribution is -0.103. The normalized spacial score (nSPS) is 10.3. The Labute approximate surface area is 104 Å². The number of aromatic nitrogens is 1. The molecular weight excluding hydrogens is 272 g/mol. The molecule has 2 N–H and O–H groups in total.